The molecule has 4 atom stereocenters. The van der Waals surface area contributed by atoms with Crippen LogP contribution in [0, 0.1) is 0 Å². The molecule has 10 heteroatoms. The highest BCUT2D eigenvalue weighted by Gasteiger charge is 2.55. The summed E-state index contributed by atoms with van der Waals surface area (Å²) in [5.74, 6) is 0.0525. The number of aliphatic hydroxyl groups is 2. The Kier molecular flexibility index (Phi) is 2.97. The number of methoxy groups -OCH3 is 1. The van der Waals surface area contributed by atoms with E-state index in [2.05, 4.69) is 15.0 Å². The molecule has 1 unspecified atom stereocenters. The minimum absolute atomic E-state index is 0.0826. The number of anilines is 1. The predicted molar refractivity (Wildman–Crippen MR) is 67.9 cm³/mol. The zero-order chi connectivity index (χ0) is 15.4. The highest BCUT2D eigenvalue weighted by atomic mass is 19.1. The molecule has 0 radical (unpaired) electrons. The second kappa shape index (κ2) is 4.48. The van der Waals surface area contributed by atoms with Crippen molar-refractivity contribution in [3.8, 4) is 5.88 Å². The number of nitrogens with zero attached hydrogens (tertiary/aromatic N) is 4. The lowest BCUT2D eigenvalue weighted by Crippen LogP contribution is -2.39. The Hall–Kier alpha value is -2.04. The van der Waals surface area contributed by atoms with Crippen molar-refractivity contribution in [1.82, 2.24) is 19.5 Å². The Morgan fingerprint density at radius 3 is 2.76 bits per heavy atom. The molecule has 1 fully saturated rings. The van der Waals surface area contributed by atoms with Gasteiger partial charge in [-0.05, 0) is 6.92 Å². The van der Waals surface area contributed by atoms with E-state index in [0.717, 1.165) is 6.92 Å². The van der Waals surface area contributed by atoms with Crippen LogP contribution in [0.5, 0.6) is 5.88 Å². The van der Waals surface area contributed by atoms with E-state index in [4.69, 9.17) is 15.2 Å². The number of hydrogen-bond donors (Lipinski definition) is 3. The Labute approximate surface area is 118 Å². The quantitative estimate of drug-likeness (QED) is 0.667. The fourth-order valence-electron chi connectivity index (χ4n) is 2.32. The third-order valence-electron chi connectivity index (χ3n) is 3.45. The van der Waals surface area contributed by atoms with Gasteiger partial charge >= 0.3 is 0 Å². The van der Waals surface area contributed by atoms with Crippen molar-refractivity contribution in [2.24, 2.45) is 0 Å². The average molecular weight is 299 g/mol. The number of alkyl halides is 1. The molecule has 0 aromatic carbocycles. The van der Waals surface area contributed by atoms with Crippen LogP contribution >= 0.6 is 0 Å². The van der Waals surface area contributed by atoms with Gasteiger partial charge < -0.3 is 25.4 Å². The lowest BCUT2D eigenvalue weighted by molar-refractivity contribution is -0.141. The van der Waals surface area contributed by atoms with E-state index in [1.54, 1.807) is 0 Å². The van der Waals surface area contributed by atoms with Gasteiger partial charge in [0.2, 0.25) is 11.8 Å². The number of imidazole rings is 1. The lowest BCUT2D eigenvalue weighted by atomic mass is 10.0. The van der Waals surface area contributed by atoms with Crippen molar-refractivity contribution < 1.29 is 24.1 Å². The molecule has 1 aliphatic heterocycles. The lowest BCUT2D eigenvalue weighted by Gasteiger charge is -2.24. The van der Waals surface area contributed by atoms with Crippen LogP contribution in [0.25, 0.3) is 11.2 Å². The molecule has 0 amide bonds. The van der Waals surface area contributed by atoms with Crippen molar-refractivity contribution in [3.63, 3.8) is 0 Å². The van der Waals surface area contributed by atoms with E-state index in [9.17, 15) is 14.6 Å². The summed E-state index contributed by atoms with van der Waals surface area (Å²) in [5, 5.41) is 19.2. The van der Waals surface area contributed by atoms with Gasteiger partial charge in [0.1, 0.15) is 6.10 Å². The Balaban J connectivity index is 2.16. The van der Waals surface area contributed by atoms with Crippen molar-refractivity contribution in [3.05, 3.63) is 6.33 Å². The van der Waals surface area contributed by atoms with Gasteiger partial charge in [-0.25, -0.2) is 9.37 Å². The molecule has 2 aromatic heterocycles. The molecule has 3 heterocycles. The minimum Gasteiger partial charge on any atom is -0.479 e. The minimum atomic E-state index is -2.24. The molecule has 3 rings (SSSR count). The van der Waals surface area contributed by atoms with E-state index in [1.807, 2.05) is 0 Å². The van der Waals surface area contributed by atoms with E-state index < -0.39 is 24.3 Å². The first-order valence-corrected chi connectivity index (χ1v) is 6.10. The number of hydrogen-bond acceptors (Lipinski definition) is 8. The molecule has 9 nitrogen and oxygen atoms in total. The van der Waals surface area contributed by atoms with Crippen molar-refractivity contribution in [2.75, 3.05) is 12.8 Å². The summed E-state index contributed by atoms with van der Waals surface area (Å²) in [7, 11) is 1.39. The maximum absolute atomic E-state index is 14.6. The first kappa shape index (κ1) is 13.9. The molecule has 21 heavy (non-hydrogen) atoms. The number of nitrogens with two attached hydrogens (primary N) is 1. The molecule has 1 saturated heterocycles. The van der Waals surface area contributed by atoms with E-state index in [0.29, 0.717) is 0 Å². The third-order valence-corrected chi connectivity index (χ3v) is 3.45. The first-order chi connectivity index (χ1) is 9.86. The second-order valence-electron chi connectivity index (χ2n) is 4.89. The van der Waals surface area contributed by atoms with E-state index >= 15 is 0 Å². The summed E-state index contributed by atoms with van der Waals surface area (Å²) in [5.41, 5.74) is 3.78. The van der Waals surface area contributed by atoms with Crippen LogP contribution in [0.3, 0.4) is 0 Å². The van der Waals surface area contributed by atoms with Crippen LogP contribution in [-0.2, 0) is 4.74 Å². The molecular weight excluding hydrogens is 285 g/mol. The van der Waals surface area contributed by atoms with Crippen LogP contribution in [0.4, 0.5) is 10.3 Å². The van der Waals surface area contributed by atoms with Crippen LogP contribution in [0.15, 0.2) is 6.33 Å². The van der Waals surface area contributed by atoms with Crippen LogP contribution in [0.1, 0.15) is 13.2 Å². The summed E-state index contributed by atoms with van der Waals surface area (Å²) in [4.78, 5) is 11.9. The number of aliphatic hydroxyl groups excluding tert-OH is 2. The first-order valence-electron chi connectivity index (χ1n) is 6.10. The molecule has 0 saturated carbocycles. The van der Waals surface area contributed by atoms with Gasteiger partial charge in [-0.15, -0.1) is 0 Å². The van der Waals surface area contributed by atoms with Crippen molar-refractivity contribution >= 4 is 17.1 Å². The summed E-state index contributed by atoms with van der Waals surface area (Å²) < 4.78 is 25.9. The number of rotatable bonds is 2. The van der Waals surface area contributed by atoms with Gasteiger partial charge in [0.05, 0.1) is 13.4 Å². The maximum Gasteiger partial charge on any atom is 0.246 e. The largest absolute Gasteiger partial charge is 0.479 e. The highest BCUT2D eigenvalue weighted by Crippen LogP contribution is 2.41. The summed E-state index contributed by atoms with van der Waals surface area (Å²) in [6.07, 6.45) is -3.40. The molecular formula is C11H14FN5O4. The summed E-state index contributed by atoms with van der Waals surface area (Å²) in [6.45, 7) is 1.12. The Morgan fingerprint density at radius 2 is 2.19 bits per heavy atom. The van der Waals surface area contributed by atoms with Crippen LogP contribution in [-0.4, -0.2) is 54.9 Å². The van der Waals surface area contributed by atoms with E-state index in [1.165, 1.54) is 18.0 Å². The van der Waals surface area contributed by atoms with Gasteiger partial charge in [-0.3, -0.25) is 4.57 Å². The molecule has 114 valence electrons. The Bertz CT molecular complexity index is 691. The fraction of sp³-hybridized carbons (Fsp3) is 0.545. The van der Waals surface area contributed by atoms with Crippen LogP contribution < -0.4 is 10.5 Å². The van der Waals surface area contributed by atoms with Gasteiger partial charge in [0.15, 0.2) is 29.4 Å². The average Bonchev–Trinajstić information content (AvgIpc) is 2.92. The highest BCUT2D eigenvalue weighted by molar-refractivity contribution is 5.77. The number of fused-ring (bicyclic) bond motifs is 1. The number of halogens is 1. The van der Waals surface area contributed by atoms with Crippen LogP contribution in [0.2, 0.25) is 0 Å². The number of aromatic nitrogens is 4. The van der Waals surface area contributed by atoms with Crippen molar-refractivity contribution in [1.29, 1.82) is 0 Å². The van der Waals surface area contributed by atoms with Gasteiger partial charge in [0.25, 0.3) is 0 Å². The molecule has 1 aliphatic rings. The smallest absolute Gasteiger partial charge is 0.246 e. The monoisotopic (exact) mass is 299 g/mol. The molecule has 2 aromatic rings. The zero-order valence-corrected chi connectivity index (χ0v) is 11.3. The fourth-order valence-corrected chi connectivity index (χ4v) is 2.32. The van der Waals surface area contributed by atoms with Crippen molar-refractivity contribution in [2.45, 2.75) is 31.2 Å². The van der Waals surface area contributed by atoms with Gasteiger partial charge in [-0.2, -0.15) is 9.97 Å². The standard InChI is InChI=1S/C11H14FN5O4/c1-11(12)5(18)8(19)21-9(11)17-3-14-4-6(17)15-10(13)16-7(4)20-2/h3,5,8-9,18-19H,1-2H3,(H2,13,15,16)/t5-,8?,9-,11-/m1/s1. The summed E-state index contributed by atoms with van der Waals surface area (Å²) >= 11 is 0. The normalized spacial score (nSPS) is 32.7. The Morgan fingerprint density at radius 1 is 1.48 bits per heavy atom. The SMILES string of the molecule is COc1nc(N)nc2c1ncn2[C@@H]1OC(O)[C@@H](O)[C@@]1(C)F. The van der Waals surface area contributed by atoms with E-state index in [-0.39, 0.29) is 23.0 Å². The van der Waals surface area contributed by atoms with Gasteiger partial charge in [0, 0.05) is 0 Å². The molecule has 4 N–H and O–H groups in total. The topological polar surface area (TPSA) is 129 Å². The number of ether oxygens (including phenoxy) is 2. The predicted octanol–water partition coefficient (Wildman–Crippen LogP) is -0.647. The molecule has 0 spiro atoms. The number of nitrogen functional groups attached to an aromatic ring is 1. The molecule has 0 aliphatic carbocycles. The zero-order valence-electron chi connectivity index (χ0n) is 11.3. The second-order valence-corrected chi connectivity index (χ2v) is 4.89. The molecule has 0 bridgehead atoms. The maximum atomic E-state index is 14.6. The van der Waals surface area contributed by atoms with Gasteiger partial charge in [-0.1, -0.05) is 0 Å². The third kappa shape index (κ3) is 1.91. The summed E-state index contributed by atoms with van der Waals surface area (Å²) in [6, 6.07) is 0.